The van der Waals surface area contributed by atoms with Gasteiger partial charge < -0.3 is 10.5 Å². The molecule has 0 aliphatic carbocycles. The molecule has 17 heavy (non-hydrogen) atoms. The Labute approximate surface area is 103 Å². The fraction of sp³-hybridized carbons (Fsp3) is 0.500. The van der Waals surface area contributed by atoms with Crippen LogP contribution in [0.25, 0.3) is 0 Å². The fourth-order valence-corrected chi connectivity index (χ4v) is 3.27. The van der Waals surface area contributed by atoms with Crippen molar-refractivity contribution in [3.63, 3.8) is 0 Å². The number of hydrogen-bond acceptors (Lipinski definition) is 3. The number of hydrogen-bond donors (Lipinski definition) is 1. The van der Waals surface area contributed by atoms with Gasteiger partial charge in [0.15, 0.2) is 0 Å². The average Bonchev–Trinajstić information content (AvgIpc) is 2.75. The molecule has 1 heterocycles. The highest BCUT2D eigenvalue weighted by Gasteiger charge is 2.19. The van der Waals surface area contributed by atoms with Crippen molar-refractivity contribution in [1.82, 2.24) is 0 Å². The molecular weight excluding hydrogens is 241 g/mol. The molecule has 2 unspecified atom stereocenters. The number of ether oxygens (including phenoxy) is 1. The van der Waals surface area contributed by atoms with Crippen LogP contribution in [-0.2, 0) is 21.3 Å². The number of anilines is 1. The summed E-state index contributed by atoms with van der Waals surface area (Å²) in [4.78, 5) is 0. The molecule has 0 saturated carbocycles. The normalized spacial score (nSPS) is 21.6. The Hall–Kier alpha value is -0.940. The van der Waals surface area contributed by atoms with Gasteiger partial charge in [0.2, 0.25) is 0 Å². The molecule has 1 aromatic carbocycles. The van der Waals surface area contributed by atoms with E-state index in [2.05, 4.69) is 0 Å². The SMILES string of the molecule is Nc1ccc(CS(=O)CC2CCCO2)c(F)c1. The zero-order chi connectivity index (χ0) is 12.3. The van der Waals surface area contributed by atoms with Crippen molar-refractivity contribution in [2.24, 2.45) is 0 Å². The number of benzene rings is 1. The molecule has 2 atom stereocenters. The minimum atomic E-state index is -1.08. The molecule has 5 heteroatoms. The second kappa shape index (κ2) is 5.60. The lowest BCUT2D eigenvalue weighted by Crippen LogP contribution is -2.17. The van der Waals surface area contributed by atoms with E-state index in [9.17, 15) is 8.60 Å². The summed E-state index contributed by atoms with van der Waals surface area (Å²) in [6.45, 7) is 0.748. The quantitative estimate of drug-likeness (QED) is 0.837. The van der Waals surface area contributed by atoms with Crippen LogP contribution in [0.5, 0.6) is 0 Å². The predicted octanol–water partition coefficient (Wildman–Crippen LogP) is 1.84. The first kappa shape index (κ1) is 12.5. The minimum Gasteiger partial charge on any atom is -0.399 e. The summed E-state index contributed by atoms with van der Waals surface area (Å²) in [6, 6.07) is 4.48. The molecule has 0 spiro atoms. The van der Waals surface area contributed by atoms with Gasteiger partial charge >= 0.3 is 0 Å². The molecular formula is C12H16FNO2S. The van der Waals surface area contributed by atoms with Crippen molar-refractivity contribution in [3.8, 4) is 0 Å². The topological polar surface area (TPSA) is 52.3 Å². The maximum Gasteiger partial charge on any atom is 0.129 e. The van der Waals surface area contributed by atoms with Gasteiger partial charge in [0.25, 0.3) is 0 Å². The molecule has 3 nitrogen and oxygen atoms in total. The molecule has 2 N–H and O–H groups in total. The minimum absolute atomic E-state index is 0.0766. The number of rotatable bonds is 4. The zero-order valence-electron chi connectivity index (χ0n) is 9.52. The van der Waals surface area contributed by atoms with Crippen LogP contribution in [-0.4, -0.2) is 22.7 Å². The van der Waals surface area contributed by atoms with Crippen LogP contribution >= 0.6 is 0 Å². The highest BCUT2D eigenvalue weighted by molar-refractivity contribution is 7.84. The van der Waals surface area contributed by atoms with Crippen molar-refractivity contribution >= 4 is 16.5 Å². The van der Waals surface area contributed by atoms with E-state index < -0.39 is 10.8 Å². The largest absolute Gasteiger partial charge is 0.399 e. The first-order valence-electron chi connectivity index (χ1n) is 5.65. The Morgan fingerprint density at radius 3 is 3.00 bits per heavy atom. The summed E-state index contributed by atoms with van der Waals surface area (Å²) in [5.74, 6) is 0.334. The summed E-state index contributed by atoms with van der Waals surface area (Å²) in [5, 5.41) is 0. The Morgan fingerprint density at radius 2 is 2.35 bits per heavy atom. The lowest BCUT2D eigenvalue weighted by molar-refractivity contribution is 0.128. The summed E-state index contributed by atoms with van der Waals surface area (Å²) < 4.78 is 30.7. The Bertz CT molecular complexity index is 419. The first-order chi connectivity index (χ1) is 8.15. The summed E-state index contributed by atoms with van der Waals surface area (Å²) in [7, 11) is -1.08. The van der Waals surface area contributed by atoms with Crippen LogP contribution in [0.3, 0.4) is 0 Å². The molecule has 94 valence electrons. The van der Waals surface area contributed by atoms with E-state index in [0.29, 0.717) is 17.0 Å². The third kappa shape index (κ3) is 3.51. The van der Waals surface area contributed by atoms with Crippen LogP contribution in [0.2, 0.25) is 0 Å². The number of halogens is 1. The van der Waals surface area contributed by atoms with E-state index in [4.69, 9.17) is 10.5 Å². The van der Waals surface area contributed by atoms with Crippen molar-refractivity contribution in [2.75, 3.05) is 18.1 Å². The summed E-state index contributed by atoms with van der Waals surface area (Å²) in [5.41, 5.74) is 6.29. The van der Waals surface area contributed by atoms with Crippen LogP contribution in [0, 0.1) is 5.82 Å². The summed E-state index contributed by atoms with van der Waals surface area (Å²) in [6.07, 6.45) is 2.06. The molecule has 1 aromatic rings. The monoisotopic (exact) mass is 257 g/mol. The van der Waals surface area contributed by atoms with Crippen LogP contribution in [0.15, 0.2) is 18.2 Å². The first-order valence-corrected chi connectivity index (χ1v) is 7.14. The molecule has 2 rings (SSSR count). The van der Waals surface area contributed by atoms with Crippen molar-refractivity contribution in [2.45, 2.75) is 24.7 Å². The van der Waals surface area contributed by atoms with Gasteiger partial charge in [-0.25, -0.2) is 4.39 Å². The standard InChI is InChI=1S/C12H16FNO2S/c13-12-6-10(14)4-3-9(12)7-17(15)8-11-2-1-5-16-11/h3-4,6,11H,1-2,5,7-8,14H2. The maximum absolute atomic E-state index is 13.5. The molecule has 1 saturated heterocycles. The highest BCUT2D eigenvalue weighted by Crippen LogP contribution is 2.17. The molecule has 1 aliphatic heterocycles. The van der Waals surface area contributed by atoms with Gasteiger partial charge in [-0.3, -0.25) is 4.21 Å². The fourth-order valence-electron chi connectivity index (χ4n) is 1.90. The van der Waals surface area contributed by atoms with Crippen LogP contribution in [0.1, 0.15) is 18.4 Å². The lowest BCUT2D eigenvalue weighted by Gasteiger charge is -2.09. The highest BCUT2D eigenvalue weighted by atomic mass is 32.2. The average molecular weight is 257 g/mol. The van der Waals surface area contributed by atoms with E-state index in [1.807, 2.05) is 0 Å². The van der Waals surface area contributed by atoms with Gasteiger partial charge in [-0.1, -0.05) is 6.07 Å². The van der Waals surface area contributed by atoms with Crippen molar-refractivity contribution in [1.29, 1.82) is 0 Å². The number of nitrogen functional groups attached to an aromatic ring is 1. The molecule has 1 fully saturated rings. The molecule has 0 radical (unpaired) electrons. The van der Waals surface area contributed by atoms with Crippen molar-refractivity contribution in [3.05, 3.63) is 29.6 Å². The Morgan fingerprint density at radius 1 is 1.53 bits per heavy atom. The van der Waals surface area contributed by atoms with Gasteiger partial charge in [-0.2, -0.15) is 0 Å². The van der Waals surface area contributed by atoms with E-state index in [0.717, 1.165) is 19.4 Å². The Kier molecular flexibility index (Phi) is 4.12. The van der Waals surface area contributed by atoms with Crippen LogP contribution < -0.4 is 5.73 Å². The summed E-state index contributed by atoms with van der Waals surface area (Å²) >= 11 is 0. The zero-order valence-corrected chi connectivity index (χ0v) is 10.3. The Balaban J connectivity index is 1.93. The molecule has 1 aliphatic rings. The van der Waals surface area contributed by atoms with E-state index in [1.165, 1.54) is 6.07 Å². The van der Waals surface area contributed by atoms with E-state index in [-0.39, 0.29) is 17.7 Å². The smallest absolute Gasteiger partial charge is 0.129 e. The third-order valence-corrected chi connectivity index (χ3v) is 4.17. The number of nitrogens with two attached hydrogens (primary N) is 1. The second-order valence-corrected chi connectivity index (χ2v) is 5.74. The van der Waals surface area contributed by atoms with E-state index >= 15 is 0 Å². The maximum atomic E-state index is 13.5. The third-order valence-electron chi connectivity index (χ3n) is 2.79. The van der Waals surface area contributed by atoms with Gasteiger partial charge in [0.1, 0.15) is 5.82 Å². The second-order valence-electron chi connectivity index (χ2n) is 4.24. The van der Waals surface area contributed by atoms with Gasteiger partial charge in [-0.05, 0) is 25.0 Å². The molecule has 0 bridgehead atoms. The molecule has 0 aromatic heterocycles. The van der Waals surface area contributed by atoms with Gasteiger partial charge in [0.05, 0.1) is 17.6 Å². The lowest BCUT2D eigenvalue weighted by atomic mass is 10.2. The van der Waals surface area contributed by atoms with Gasteiger partial charge in [0, 0.05) is 28.7 Å². The van der Waals surface area contributed by atoms with Crippen LogP contribution in [0.4, 0.5) is 10.1 Å². The van der Waals surface area contributed by atoms with Gasteiger partial charge in [-0.15, -0.1) is 0 Å². The molecule has 0 amide bonds. The van der Waals surface area contributed by atoms with Crippen molar-refractivity contribution < 1.29 is 13.3 Å². The van der Waals surface area contributed by atoms with E-state index in [1.54, 1.807) is 12.1 Å². The predicted molar refractivity (Wildman–Crippen MR) is 66.5 cm³/mol.